The predicted molar refractivity (Wildman–Crippen MR) is 164 cm³/mol. The summed E-state index contributed by atoms with van der Waals surface area (Å²) in [6.45, 7) is 1.96. The monoisotopic (exact) mass is 713 g/mol. The van der Waals surface area contributed by atoms with E-state index in [2.05, 4.69) is 20.6 Å². The number of carbonyl (C=O) groups excluding carboxylic acids is 2. The highest BCUT2D eigenvalue weighted by Gasteiger charge is 2.38. The number of H-pyrrole nitrogens is 1. The second kappa shape index (κ2) is 17.4. The van der Waals surface area contributed by atoms with Crippen LogP contribution in [0.2, 0.25) is 0 Å². The van der Waals surface area contributed by atoms with Crippen LogP contribution < -0.4 is 21.1 Å². The number of rotatable bonds is 14. The van der Waals surface area contributed by atoms with Crippen LogP contribution in [0.5, 0.6) is 0 Å². The Hall–Kier alpha value is -6.08. The molecule has 0 saturated carbocycles. The lowest BCUT2D eigenvalue weighted by molar-refractivity contribution is -0.192. The molecule has 270 valence electrons. The molecular weight excluding hydrogens is 682 g/mol. The number of nitrogens with zero attached hydrogens (tertiary/aromatic N) is 2. The van der Waals surface area contributed by atoms with Crippen molar-refractivity contribution >= 4 is 52.3 Å². The summed E-state index contributed by atoms with van der Waals surface area (Å²) in [4.78, 5) is 88.2. The fraction of sp³-hybridized carbons (Fsp3) is 0.333. The third-order valence-corrected chi connectivity index (χ3v) is 6.73. The van der Waals surface area contributed by atoms with Crippen molar-refractivity contribution in [3.63, 3.8) is 0 Å². The molecule has 3 rings (SSSR count). The van der Waals surface area contributed by atoms with Crippen molar-refractivity contribution in [2.24, 2.45) is 0 Å². The molecule has 50 heavy (non-hydrogen) atoms. The number of fused-ring (bicyclic) bond motifs is 1. The Morgan fingerprint density at radius 1 is 0.900 bits per heavy atom. The summed E-state index contributed by atoms with van der Waals surface area (Å²) in [5, 5.41) is 39.1. The molecular formula is C30H31F4N5O11. The van der Waals surface area contributed by atoms with Gasteiger partial charge >= 0.3 is 30.1 Å². The second-order valence-corrected chi connectivity index (χ2v) is 10.6. The van der Waals surface area contributed by atoms with E-state index in [1.54, 1.807) is 37.1 Å². The summed E-state index contributed by atoms with van der Waals surface area (Å²) >= 11 is 0. The van der Waals surface area contributed by atoms with Crippen LogP contribution in [0.15, 0.2) is 41.2 Å². The van der Waals surface area contributed by atoms with Crippen molar-refractivity contribution in [2.75, 3.05) is 11.9 Å². The van der Waals surface area contributed by atoms with Crippen LogP contribution in [-0.4, -0.2) is 91.4 Å². The van der Waals surface area contributed by atoms with E-state index in [4.69, 9.17) is 20.1 Å². The molecule has 0 unspecified atom stereocenters. The SMILES string of the molecule is Cc1nc2ccc(CN(C)c3ccc(C(=O)N[C@@H](CCC(=O)N[C@H](CCC(=O)O)C(=O)O)C(=O)O)c(F)c3)cc2c(=O)[nH]1.O=C(O)C(F)(F)F. The number of halogens is 4. The first kappa shape index (κ1) is 40.1. The quantitative estimate of drug-likeness (QED) is 0.118. The van der Waals surface area contributed by atoms with E-state index in [0.717, 1.165) is 11.6 Å². The number of benzene rings is 2. The number of alkyl halides is 3. The third kappa shape index (κ3) is 12.2. The fourth-order valence-electron chi connectivity index (χ4n) is 4.25. The molecule has 1 heterocycles. The van der Waals surface area contributed by atoms with Crippen LogP contribution in [0.3, 0.4) is 0 Å². The van der Waals surface area contributed by atoms with Crippen LogP contribution in [0, 0.1) is 12.7 Å². The van der Waals surface area contributed by atoms with Gasteiger partial charge in [-0.25, -0.2) is 23.8 Å². The number of amides is 2. The Labute approximate surface area is 278 Å². The maximum absolute atomic E-state index is 15.0. The van der Waals surface area contributed by atoms with Crippen LogP contribution >= 0.6 is 0 Å². The molecule has 0 aliphatic rings. The molecule has 3 aromatic rings. The molecule has 0 radical (unpaired) electrons. The first-order valence-electron chi connectivity index (χ1n) is 14.3. The number of hydrogen-bond donors (Lipinski definition) is 7. The Morgan fingerprint density at radius 2 is 1.48 bits per heavy atom. The maximum atomic E-state index is 15.0. The van der Waals surface area contributed by atoms with Gasteiger partial charge in [-0.05, 0) is 55.7 Å². The number of aromatic amines is 1. The van der Waals surface area contributed by atoms with Crippen molar-refractivity contribution in [1.29, 1.82) is 0 Å². The molecule has 0 aliphatic heterocycles. The minimum absolute atomic E-state index is 0.283. The van der Waals surface area contributed by atoms with Crippen LogP contribution in [0.25, 0.3) is 10.9 Å². The van der Waals surface area contributed by atoms with Crippen LogP contribution in [0.4, 0.5) is 23.2 Å². The topological polar surface area (TPSA) is 256 Å². The Balaban J connectivity index is 0.00000112. The lowest BCUT2D eigenvalue weighted by atomic mass is 10.1. The molecule has 0 fully saturated rings. The summed E-state index contributed by atoms with van der Waals surface area (Å²) in [5.74, 6) is -9.31. The van der Waals surface area contributed by atoms with Gasteiger partial charge in [-0.3, -0.25) is 19.2 Å². The molecule has 7 N–H and O–H groups in total. The molecule has 2 atom stereocenters. The largest absolute Gasteiger partial charge is 0.490 e. The van der Waals surface area contributed by atoms with Gasteiger partial charge in [0.25, 0.3) is 11.5 Å². The highest BCUT2D eigenvalue weighted by molar-refractivity contribution is 5.97. The van der Waals surface area contributed by atoms with Crippen molar-refractivity contribution < 1.29 is 66.8 Å². The summed E-state index contributed by atoms with van der Waals surface area (Å²) < 4.78 is 46.7. The first-order chi connectivity index (χ1) is 23.2. The lowest BCUT2D eigenvalue weighted by Crippen LogP contribution is -2.44. The van der Waals surface area contributed by atoms with Gasteiger partial charge in [-0.1, -0.05) is 6.07 Å². The zero-order chi connectivity index (χ0) is 37.9. The van der Waals surface area contributed by atoms with Gasteiger partial charge < -0.3 is 40.9 Å². The third-order valence-electron chi connectivity index (χ3n) is 6.73. The molecule has 20 heteroatoms. The highest BCUT2D eigenvalue weighted by Crippen LogP contribution is 2.21. The number of carbonyl (C=O) groups is 6. The van der Waals surface area contributed by atoms with Gasteiger partial charge in [-0.15, -0.1) is 0 Å². The van der Waals surface area contributed by atoms with E-state index in [0.29, 0.717) is 22.4 Å². The summed E-state index contributed by atoms with van der Waals surface area (Å²) in [7, 11) is 1.68. The smallest absolute Gasteiger partial charge is 0.481 e. The number of aliphatic carboxylic acids is 4. The number of carboxylic acid groups (broad SMARTS) is 4. The van der Waals surface area contributed by atoms with Gasteiger partial charge in [0.1, 0.15) is 23.7 Å². The lowest BCUT2D eigenvalue weighted by Gasteiger charge is -2.21. The number of aryl methyl sites for hydroxylation is 1. The van der Waals surface area contributed by atoms with Crippen molar-refractivity contribution in [2.45, 2.75) is 57.4 Å². The van der Waals surface area contributed by atoms with Crippen molar-refractivity contribution in [3.05, 3.63) is 69.5 Å². The van der Waals surface area contributed by atoms with Crippen molar-refractivity contribution in [3.8, 4) is 0 Å². The van der Waals surface area contributed by atoms with E-state index < -0.39 is 84.6 Å². The summed E-state index contributed by atoms with van der Waals surface area (Å²) in [5.41, 5.74) is 0.959. The highest BCUT2D eigenvalue weighted by atomic mass is 19.4. The van der Waals surface area contributed by atoms with Gasteiger partial charge in [0.05, 0.1) is 16.5 Å². The second-order valence-electron chi connectivity index (χ2n) is 10.6. The van der Waals surface area contributed by atoms with Gasteiger partial charge in [0.15, 0.2) is 0 Å². The maximum Gasteiger partial charge on any atom is 0.490 e. The first-order valence-corrected chi connectivity index (χ1v) is 14.3. The summed E-state index contributed by atoms with van der Waals surface area (Å²) in [6, 6.07) is 5.82. The molecule has 16 nitrogen and oxygen atoms in total. The number of anilines is 1. The van der Waals surface area contributed by atoms with Crippen LogP contribution in [-0.2, 0) is 30.5 Å². The predicted octanol–water partition coefficient (Wildman–Crippen LogP) is 2.04. The van der Waals surface area contributed by atoms with E-state index in [1.807, 2.05) is 0 Å². The van der Waals surface area contributed by atoms with E-state index in [1.165, 1.54) is 12.1 Å². The zero-order valence-electron chi connectivity index (χ0n) is 26.2. The average Bonchev–Trinajstić information content (AvgIpc) is 3.00. The normalized spacial score (nSPS) is 12.1. The van der Waals surface area contributed by atoms with E-state index in [-0.39, 0.29) is 18.5 Å². The van der Waals surface area contributed by atoms with Gasteiger partial charge in [0, 0.05) is 32.1 Å². The molecule has 0 spiro atoms. The Bertz CT molecular complexity index is 1830. The van der Waals surface area contributed by atoms with Crippen molar-refractivity contribution in [1.82, 2.24) is 20.6 Å². The molecule has 1 aromatic heterocycles. The molecule has 0 aliphatic carbocycles. The van der Waals surface area contributed by atoms with E-state index >= 15 is 0 Å². The minimum atomic E-state index is -5.08. The standard InChI is InChI=1S/C28H30FN5O9.C2HF3O2/c1-14-30-20-6-3-15(11-18(20)26(39)31-14)13-34(2)16-4-5-17(19(29)12-16)25(38)33-22(28(42)43)7-9-23(35)32-21(27(40)41)8-10-24(36)37;3-2(4,5)1(6)7/h3-6,11-12,21-22H,7-10,13H2,1-2H3,(H,32,35)(H,33,38)(H,36,37)(H,40,41)(H,42,43)(H,30,31,39);(H,6,7)/t21-,22+;/m1./s1. The number of aromatic nitrogens is 2. The molecule has 0 saturated heterocycles. The average molecular weight is 714 g/mol. The van der Waals surface area contributed by atoms with Gasteiger partial charge in [0.2, 0.25) is 5.91 Å². The van der Waals surface area contributed by atoms with E-state index in [9.17, 15) is 51.4 Å². The fourth-order valence-corrected chi connectivity index (χ4v) is 4.25. The zero-order valence-corrected chi connectivity index (χ0v) is 26.2. The Morgan fingerprint density at radius 3 is 2.02 bits per heavy atom. The number of hydrogen-bond acceptors (Lipinski definition) is 9. The Kier molecular flexibility index (Phi) is 13.9. The van der Waals surface area contributed by atoms with Crippen LogP contribution in [0.1, 0.15) is 47.4 Å². The number of carboxylic acids is 4. The van der Waals surface area contributed by atoms with Gasteiger partial charge in [-0.2, -0.15) is 13.2 Å². The molecule has 2 aromatic carbocycles. The minimum Gasteiger partial charge on any atom is -0.481 e. The number of nitrogens with one attached hydrogen (secondary N) is 3. The molecule has 2 amide bonds. The summed E-state index contributed by atoms with van der Waals surface area (Å²) in [6.07, 6.45) is -6.91. The molecule has 0 bridgehead atoms.